The van der Waals surface area contributed by atoms with Crippen molar-refractivity contribution in [1.29, 1.82) is 0 Å². The van der Waals surface area contributed by atoms with Gasteiger partial charge < -0.3 is 4.90 Å². The molecule has 2 heterocycles. The topological polar surface area (TPSA) is 33.2 Å². The first kappa shape index (κ1) is 12.9. The number of carbonyl (C=O) groups is 1. The van der Waals surface area contributed by atoms with Gasteiger partial charge in [0.1, 0.15) is 9.21 Å². The molecule has 7 heteroatoms. The van der Waals surface area contributed by atoms with Crippen LogP contribution < -0.4 is 0 Å². The molecule has 17 heavy (non-hydrogen) atoms. The lowest BCUT2D eigenvalue weighted by Crippen LogP contribution is -2.31. The standard InChI is InChI=1S/C10H8Br2F2N2O/c11-7-3-6(4-8(12)15-7)9(17)16-2-1-10(13,14)5-16/h3-4H,1-2,5H2. The van der Waals surface area contributed by atoms with E-state index in [9.17, 15) is 13.6 Å². The number of rotatable bonds is 1. The lowest BCUT2D eigenvalue weighted by molar-refractivity contribution is 0.0120. The Morgan fingerprint density at radius 3 is 2.41 bits per heavy atom. The quantitative estimate of drug-likeness (QED) is 0.713. The second kappa shape index (κ2) is 4.61. The number of alkyl halides is 2. The fourth-order valence-electron chi connectivity index (χ4n) is 1.68. The van der Waals surface area contributed by atoms with E-state index in [2.05, 4.69) is 36.8 Å². The summed E-state index contributed by atoms with van der Waals surface area (Å²) in [5.41, 5.74) is 0.344. The number of nitrogens with zero attached hydrogens (tertiary/aromatic N) is 2. The highest BCUT2D eigenvalue weighted by molar-refractivity contribution is 9.11. The molecule has 1 aromatic heterocycles. The van der Waals surface area contributed by atoms with Gasteiger partial charge in [-0.2, -0.15) is 0 Å². The molecule has 0 saturated carbocycles. The van der Waals surface area contributed by atoms with E-state index < -0.39 is 18.4 Å². The molecule has 0 aliphatic carbocycles. The summed E-state index contributed by atoms with van der Waals surface area (Å²) in [7, 11) is 0. The third kappa shape index (κ3) is 3.01. The molecule has 3 nitrogen and oxygen atoms in total. The first-order valence-electron chi connectivity index (χ1n) is 4.88. The molecule has 0 radical (unpaired) electrons. The normalized spacial score (nSPS) is 18.5. The number of aromatic nitrogens is 1. The van der Waals surface area contributed by atoms with Crippen LogP contribution in [0.2, 0.25) is 0 Å². The molecule has 92 valence electrons. The number of amides is 1. The van der Waals surface area contributed by atoms with Crippen LogP contribution in [-0.2, 0) is 0 Å². The van der Waals surface area contributed by atoms with E-state index in [1.165, 1.54) is 12.1 Å². The van der Waals surface area contributed by atoms with E-state index in [0.717, 1.165) is 4.90 Å². The Labute approximate surface area is 113 Å². The summed E-state index contributed by atoms with van der Waals surface area (Å²) in [6.07, 6.45) is -0.272. The molecule has 0 bridgehead atoms. The molecule has 1 aliphatic rings. The Morgan fingerprint density at radius 1 is 1.35 bits per heavy atom. The van der Waals surface area contributed by atoms with Crippen molar-refractivity contribution in [2.75, 3.05) is 13.1 Å². The van der Waals surface area contributed by atoms with Crippen LogP contribution in [-0.4, -0.2) is 34.8 Å². The maximum Gasteiger partial charge on any atom is 0.267 e. The van der Waals surface area contributed by atoms with Gasteiger partial charge in [-0.05, 0) is 44.0 Å². The maximum absolute atomic E-state index is 13.0. The highest BCUT2D eigenvalue weighted by Gasteiger charge is 2.40. The molecule has 0 N–H and O–H groups in total. The van der Waals surface area contributed by atoms with Crippen molar-refractivity contribution in [3.8, 4) is 0 Å². The summed E-state index contributed by atoms with van der Waals surface area (Å²) in [5, 5.41) is 0. The summed E-state index contributed by atoms with van der Waals surface area (Å²) in [6, 6.07) is 3.03. The zero-order valence-corrected chi connectivity index (χ0v) is 11.8. The Kier molecular flexibility index (Phi) is 3.49. The summed E-state index contributed by atoms with van der Waals surface area (Å²) in [4.78, 5) is 17.1. The average molecular weight is 370 g/mol. The number of likely N-dealkylation sites (tertiary alicyclic amines) is 1. The largest absolute Gasteiger partial charge is 0.332 e. The van der Waals surface area contributed by atoms with Crippen molar-refractivity contribution in [1.82, 2.24) is 9.88 Å². The molecule has 0 aromatic carbocycles. The monoisotopic (exact) mass is 368 g/mol. The first-order valence-corrected chi connectivity index (χ1v) is 6.46. The van der Waals surface area contributed by atoms with E-state index in [1.807, 2.05) is 0 Å². The summed E-state index contributed by atoms with van der Waals surface area (Å²) < 4.78 is 27.0. The second-order valence-corrected chi connectivity index (χ2v) is 5.46. The summed E-state index contributed by atoms with van der Waals surface area (Å²) in [6.45, 7) is -0.424. The molecular weight excluding hydrogens is 362 g/mol. The number of carbonyl (C=O) groups excluding carboxylic acids is 1. The van der Waals surface area contributed by atoms with Gasteiger partial charge in [-0.3, -0.25) is 4.79 Å². The highest BCUT2D eigenvalue weighted by atomic mass is 79.9. The first-order chi connectivity index (χ1) is 7.87. The molecule has 0 atom stereocenters. The van der Waals surface area contributed by atoms with Crippen LogP contribution in [0.5, 0.6) is 0 Å². The van der Waals surface area contributed by atoms with Crippen LogP contribution in [0.15, 0.2) is 21.3 Å². The van der Waals surface area contributed by atoms with Gasteiger partial charge in [0.15, 0.2) is 0 Å². The molecule has 1 amide bonds. The highest BCUT2D eigenvalue weighted by Crippen LogP contribution is 2.28. The predicted octanol–water partition coefficient (Wildman–Crippen LogP) is 3.09. The van der Waals surface area contributed by atoms with Crippen molar-refractivity contribution in [3.63, 3.8) is 0 Å². The Bertz CT molecular complexity index is 447. The number of hydrogen-bond acceptors (Lipinski definition) is 2. The van der Waals surface area contributed by atoms with Gasteiger partial charge in [0, 0.05) is 18.5 Å². The van der Waals surface area contributed by atoms with E-state index in [1.54, 1.807) is 0 Å². The van der Waals surface area contributed by atoms with E-state index in [-0.39, 0.29) is 13.0 Å². The SMILES string of the molecule is O=C(c1cc(Br)nc(Br)c1)N1CCC(F)(F)C1. The Balaban J connectivity index is 2.20. The van der Waals surface area contributed by atoms with Crippen molar-refractivity contribution < 1.29 is 13.6 Å². The maximum atomic E-state index is 13.0. The summed E-state index contributed by atoms with van der Waals surface area (Å²) >= 11 is 6.30. The average Bonchev–Trinajstić information content (AvgIpc) is 2.56. The fourth-order valence-corrected chi connectivity index (χ4v) is 2.79. The minimum Gasteiger partial charge on any atom is -0.332 e. The predicted molar refractivity (Wildman–Crippen MR) is 65.1 cm³/mol. The van der Waals surface area contributed by atoms with E-state index in [0.29, 0.717) is 14.8 Å². The van der Waals surface area contributed by atoms with E-state index in [4.69, 9.17) is 0 Å². The van der Waals surface area contributed by atoms with Crippen LogP contribution in [0.3, 0.4) is 0 Å². The van der Waals surface area contributed by atoms with Gasteiger partial charge >= 0.3 is 0 Å². The number of halogens is 4. The van der Waals surface area contributed by atoms with Crippen molar-refractivity contribution >= 4 is 37.8 Å². The lowest BCUT2D eigenvalue weighted by atomic mass is 10.2. The Hall–Kier alpha value is -0.560. The zero-order valence-electron chi connectivity index (χ0n) is 8.59. The molecule has 0 spiro atoms. The van der Waals surface area contributed by atoms with Crippen LogP contribution >= 0.6 is 31.9 Å². The van der Waals surface area contributed by atoms with Crippen LogP contribution in [0.4, 0.5) is 8.78 Å². The minimum atomic E-state index is -2.77. The van der Waals surface area contributed by atoms with Crippen LogP contribution in [0.25, 0.3) is 0 Å². The van der Waals surface area contributed by atoms with Crippen molar-refractivity contribution in [3.05, 3.63) is 26.9 Å². The molecule has 1 aromatic rings. The molecule has 1 saturated heterocycles. The molecule has 2 rings (SSSR count). The molecule has 1 fully saturated rings. The van der Waals surface area contributed by atoms with Gasteiger partial charge in [0.2, 0.25) is 0 Å². The van der Waals surface area contributed by atoms with Gasteiger partial charge in [-0.25, -0.2) is 13.8 Å². The van der Waals surface area contributed by atoms with Gasteiger partial charge in [0.05, 0.1) is 6.54 Å². The van der Waals surface area contributed by atoms with Crippen molar-refractivity contribution in [2.45, 2.75) is 12.3 Å². The summed E-state index contributed by atoms with van der Waals surface area (Å²) in [5.74, 6) is -3.16. The van der Waals surface area contributed by atoms with Gasteiger partial charge in [0.25, 0.3) is 11.8 Å². The van der Waals surface area contributed by atoms with Crippen molar-refractivity contribution in [2.24, 2.45) is 0 Å². The smallest absolute Gasteiger partial charge is 0.267 e. The number of pyridine rings is 1. The van der Waals surface area contributed by atoms with Crippen LogP contribution in [0, 0.1) is 0 Å². The third-order valence-corrected chi connectivity index (χ3v) is 3.28. The van der Waals surface area contributed by atoms with Crippen LogP contribution in [0.1, 0.15) is 16.8 Å². The Morgan fingerprint density at radius 2 is 1.94 bits per heavy atom. The molecule has 1 aliphatic heterocycles. The number of hydrogen-bond donors (Lipinski definition) is 0. The van der Waals surface area contributed by atoms with Gasteiger partial charge in [-0.15, -0.1) is 0 Å². The zero-order chi connectivity index (χ0) is 12.6. The second-order valence-electron chi connectivity index (χ2n) is 3.83. The molecular formula is C10H8Br2F2N2O. The third-order valence-electron chi connectivity index (χ3n) is 2.47. The van der Waals surface area contributed by atoms with Gasteiger partial charge in [-0.1, -0.05) is 0 Å². The fraction of sp³-hybridized carbons (Fsp3) is 0.400. The lowest BCUT2D eigenvalue weighted by Gasteiger charge is -2.16. The molecule has 0 unspecified atom stereocenters. The minimum absolute atomic E-state index is 0.0867. The van der Waals surface area contributed by atoms with E-state index >= 15 is 0 Å².